The predicted octanol–water partition coefficient (Wildman–Crippen LogP) is 2.46. The van der Waals surface area contributed by atoms with E-state index in [1.165, 1.54) is 11.1 Å². The van der Waals surface area contributed by atoms with Crippen LogP contribution in [0.15, 0.2) is 54.6 Å². The maximum Gasteiger partial charge on any atom is 0.230 e. The fourth-order valence-electron chi connectivity index (χ4n) is 1.84. The molecule has 3 heteroatoms. The van der Waals surface area contributed by atoms with Gasteiger partial charge in [-0.05, 0) is 23.1 Å². The molecule has 0 aliphatic carbocycles. The average Bonchev–Trinajstić information content (AvgIpc) is 2.42. The molecule has 2 rings (SSSR count). The monoisotopic (exact) mass is 241 g/mol. The summed E-state index contributed by atoms with van der Waals surface area (Å²) >= 11 is 0. The number of hydrogen-bond acceptors (Lipinski definition) is 2. The Labute approximate surface area is 106 Å². The molecule has 0 aromatic heterocycles. The molecule has 0 heterocycles. The fourth-order valence-corrected chi connectivity index (χ4v) is 1.84. The lowest BCUT2D eigenvalue weighted by atomic mass is 10.0. The highest BCUT2D eigenvalue weighted by Crippen LogP contribution is 2.14. The van der Waals surface area contributed by atoms with Crippen molar-refractivity contribution >= 4 is 6.41 Å². The molecule has 0 bridgehead atoms. The Hall–Kier alpha value is -2.13. The fraction of sp³-hybridized carbons (Fsp3) is 0.133. The number of carbonyl (C=O) groups is 1. The Morgan fingerprint density at radius 2 is 1.61 bits per heavy atom. The van der Waals surface area contributed by atoms with E-state index in [1.54, 1.807) is 0 Å². The molecule has 1 amide bonds. The van der Waals surface area contributed by atoms with Gasteiger partial charge in [0.05, 0.1) is 0 Å². The smallest absolute Gasteiger partial charge is 0.230 e. The van der Waals surface area contributed by atoms with Crippen LogP contribution in [-0.4, -0.2) is 6.41 Å². The molecular weight excluding hydrogens is 226 g/mol. The van der Waals surface area contributed by atoms with Gasteiger partial charge in [-0.15, -0.1) is 0 Å². The summed E-state index contributed by atoms with van der Waals surface area (Å²) in [5, 5.41) is 0. The van der Waals surface area contributed by atoms with E-state index in [2.05, 4.69) is 23.7 Å². The van der Waals surface area contributed by atoms with Crippen LogP contribution >= 0.6 is 0 Å². The van der Waals surface area contributed by atoms with Crippen molar-refractivity contribution in [2.24, 2.45) is 0 Å². The van der Waals surface area contributed by atoms with Gasteiger partial charge >= 0.3 is 0 Å². The van der Waals surface area contributed by atoms with Gasteiger partial charge in [-0.1, -0.05) is 54.6 Å². The van der Waals surface area contributed by atoms with Crippen LogP contribution in [0.4, 0.5) is 0 Å². The number of amides is 1. The summed E-state index contributed by atoms with van der Waals surface area (Å²) in [5.41, 5.74) is 5.75. The second kappa shape index (κ2) is 6.57. The zero-order valence-corrected chi connectivity index (χ0v) is 10.0. The van der Waals surface area contributed by atoms with E-state index in [4.69, 9.17) is 4.84 Å². The van der Waals surface area contributed by atoms with Crippen molar-refractivity contribution in [2.45, 2.75) is 13.0 Å². The van der Waals surface area contributed by atoms with Gasteiger partial charge in [0.1, 0.15) is 6.61 Å². The number of nitrogens with one attached hydrogen (secondary N) is 1. The quantitative estimate of drug-likeness (QED) is 0.479. The zero-order chi connectivity index (χ0) is 12.6. The van der Waals surface area contributed by atoms with E-state index in [0.717, 1.165) is 12.0 Å². The first-order chi connectivity index (χ1) is 8.90. The molecule has 0 unspecified atom stereocenters. The van der Waals surface area contributed by atoms with Crippen LogP contribution in [0, 0.1) is 0 Å². The minimum absolute atomic E-state index is 0.377. The molecule has 0 aliphatic rings. The third kappa shape index (κ3) is 3.43. The molecule has 1 N–H and O–H groups in total. The first-order valence-electron chi connectivity index (χ1n) is 5.82. The molecule has 18 heavy (non-hydrogen) atoms. The summed E-state index contributed by atoms with van der Waals surface area (Å²) in [4.78, 5) is 15.2. The number of hydrogen-bond donors (Lipinski definition) is 1. The minimum atomic E-state index is 0.377. The first kappa shape index (κ1) is 12.3. The van der Waals surface area contributed by atoms with Crippen molar-refractivity contribution in [3.8, 4) is 0 Å². The minimum Gasteiger partial charge on any atom is -0.277 e. The van der Waals surface area contributed by atoms with Gasteiger partial charge < -0.3 is 0 Å². The third-order valence-corrected chi connectivity index (χ3v) is 2.71. The van der Waals surface area contributed by atoms with Crippen molar-refractivity contribution in [2.75, 3.05) is 0 Å². The Kier molecular flexibility index (Phi) is 4.50. The van der Waals surface area contributed by atoms with Gasteiger partial charge in [0.15, 0.2) is 0 Å². The molecule has 0 spiro atoms. The molecule has 92 valence electrons. The molecule has 0 saturated carbocycles. The van der Waals surface area contributed by atoms with Crippen LogP contribution in [0.5, 0.6) is 0 Å². The Morgan fingerprint density at radius 1 is 0.944 bits per heavy atom. The number of carbonyl (C=O) groups excluding carboxylic acids is 1. The van der Waals surface area contributed by atoms with Crippen molar-refractivity contribution in [1.29, 1.82) is 0 Å². The van der Waals surface area contributed by atoms with Crippen LogP contribution in [0.1, 0.15) is 16.7 Å². The molecule has 0 saturated heterocycles. The van der Waals surface area contributed by atoms with E-state index >= 15 is 0 Å². The Morgan fingerprint density at radius 3 is 2.33 bits per heavy atom. The van der Waals surface area contributed by atoms with Crippen molar-refractivity contribution in [3.05, 3.63) is 71.3 Å². The van der Waals surface area contributed by atoms with Gasteiger partial charge in [-0.3, -0.25) is 9.63 Å². The maximum absolute atomic E-state index is 10.1. The number of rotatable bonds is 6. The molecule has 0 aliphatic heterocycles. The van der Waals surface area contributed by atoms with Crippen molar-refractivity contribution < 1.29 is 9.63 Å². The van der Waals surface area contributed by atoms with E-state index in [9.17, 15) is 4.79 Å². The molecule has 0 fully saturated rings. The third-order valence-electron chi connectivity index (χ3n) is 2.71. The van der Waals surface area contributed by atoms with Gasteiger partial charge in [-0.25, -0.2) is 5.48 Å². The van der Waals surface area contributed by atoms with Gasteiger partial charge in [0, 0.05) is 0 Å². The highest BCUT2D eigenvalue weighted by atomic mass is 16.6. The Bertz CT molecular complexity index is 497. The van der Waals surface area contributed by atoms with Gasteiger partial charge in [0.2, 0.25) is 6.41 Å². The topological polar surface area (TPSA) is 38.3 Å². The van der Waals surface area contributed by atoms with Crippen LogP contribution in [-0.2, 0) is 22.7 Å². The molecule has 3 nitrogen and oxygen atoms in total. The van der Waals surface area contributed by atoms with Crippen LogP contribution in [0.2, 0.25) is 0 Å². The van der Waals surface area contributed by atoms with E-state index in [1.807, 2.05) is 36.4 Å². The van der Waals surface area contributed by atoms with E-state index < -0.39 is 0 Å². The average molecular weight is 241 g/mol. The summed E-state index contributed by atoms with van der Waals surface area (Å²) in [5.74, 6) is 0. The normalized spacial score (nSPS) is 10.0. The van der Waals surface area contributed by atoms with Crippen LogP contribution < -0.4 is 5.48 Å². The molecule has 2 aromatic rings. The van der Waals surface area contributed by atoms with E-state index in [0.29, 0.717) is 13.0 Å². The molecule has 0 atom stereocenters. The van der Waals surface area contributed by atoms with Crippen molar-refractivity contribution in [3.63, 3.8) is 0 Å². The summed E-state index contributed by atoms with van der Waals surface area (Å²) in [6.45, 7) is 0.377. The van der Waals surface area contributed by atoms with Crippen LogP contribution in [0.25, 0.3) is 0 Å². The lowest BCUT2D eigenvalue weighted by Gasteiger charge is -2.09. The van der Waals surface area contributed by atoms with Crippen LogP contribution in [0.3, 0.4) is 0 Å². The summed E-state index contributed by atoms with van der Waals surface area (Å²) in [7, 11) is 0. The zero-order valence-electron chi connectivity index (χ0n) is 10.0. The lowest BCUT2D eigenvalue weighted by Crippen LogP contribution is -2.12. The predicted molar refractivity (Wildman–Crippen MR) is 69.7 cm³/mol. The largest absolute Gasteiger partial charge is 0.277 e. The Balaban J connectivity index is 2.09. The highest BCUT2D eigenvalue weighted by molar-refractivity contribution is 5.43. The van der Waals surface area contributed by atoms with Crippen molar-refractivity contribution in [1.82, 2.24) is 5.48 Å². The second-order valence-electron chi connectivity index (χ2n) is 3.96. The second-order valence-corrected chi connectivity index (χ2v) is 3.96. The van der Waals surface area contributed by atoms with E-state index in [-0.39, 0.29) is 0 Å². The molecule has 0 radical (unpaired) electrons. The summed E-state index contributed by atoms with van der Waals surface area (Å²) in [6, 6.07) is 18.3. The number of hydroxylamine groups is 1. The molecule has 2 aromatic carbocycles. The van der Waals surface area contributed by atoms with Gasteiger partial charge in [0.25, 0.3) is 0 Å². The highest BCUT2D eigenvalue weighted by Gasteiger charge is 2.03. The standard InChI is InChI=1S/C15H15NO2/c17-12-16-18-11-15-9-5-4-8-14(15)10-13-6-2-1-3-7-13/h1-9,12H,10-11H2,(H,16,17). The summed E-state index contributed by atoms with van der Waals surface area (Å²) in [6.07, 6.45) is 1.39. The lowest BCUT2D eigenvalue weighted by molar-refractivity contribution is -0.121. The summed E-state index contributed by atoms with van der Waals surface area (Å²) < 4.78 is 0. The molecular formula is C15H15NO2. The number of benzene rings is 2. The SMILES string of the molecule is O=CNOCc1ccccc1Cc1ccccc1. The first-order valence-corrected chi connectivity index (χ1v) is 5.82. The van der Waals surface area contributed by atoms with Gasteiger partial charge in [-0.2, -0.15) is 0 Å². The maximum atomic E-state index is 10.1.